The molecular formula is C6H10NO. The first-order valence-corrected chi connectivity index (χ1v) is 2.76. The van der Waals surface area contributed by atoms with Crippen LogP contribution in [0.15, 0.2) is 0 Å². The van der Waals surface area contributed by atoms with Gasteiger partial charge in [0, 0.05) is 6.42 Å². The summed E-state index contributed by atoms with van der Waals surface area (Å²) in [5, 5.41) is 6.39. The largest absolute Gasteiger partial charge is 0.295 e. The highest BCUT2D eigenvalue weighted by Crippen LogP contribution is 1.92. The summed E-state index contributed by atoms with van der Waals surface area (Å²) in [5.41, 5.74) is 0. The molecule has 2 nitrogen and oxygen atoms in total. The van der Waals surface area contributed by atoms with Crippen LogP contribution in [0.3, 0.4) is 0 Å². The van der Waals surface area contributed by atoms with Gasteiger partial charge in [-0.1, -0.05) is 13.3 Å². The Morgan fingerprint density at radius 2 is 2.38 bits per heavy atom. The molecule has 0 spiro atoms. The monoisotopic (exact) mass is 112 g/mol. The second-order valence-corrected chi connectivity index (χ2v) is 1.65. The second kappa shape index (κ2) is 4.50. The van der Waals surface area contributed by atoms with Gasteiger partial charge < -0.3 is 0 Å². The minimum absolute atomic E-state index is 0.188. The molecule has 0 aliphatic rings. The van der Waals surface area contributed by atoms with Crippen molar-refractivity contribution in [2.75, 3.05) is 0 Å². The minimum Gasteiger partial charge on any atom is -0.295 e. The van der Waals surface area contributed by atoms with E-state index in [4.69, 9.17) is 5.41 Å². The predicted molar refractivity (Wildman–Crippen MR) is 32.3 cm³/mol. The van der Waals surface area contributed by atoms with Crippen molar-refractivity contribution in [2.24, 2.45) is 0 Å². The molecular weight excluding hydrogens is 102 g/mol. The Balaban J connectivity index is 3.11. The fourth-order valence-corrected chi connectivity index (χ4v) is 0.400. The molecule has 0 unspecified atom stereocenters. The molecule has 0 bridgehead atoms. The molecule has 0 aliphatic carbocycles. The smallest absolute Gasteiger partial charge is 0.182 e. The summed E-state index contributed by atoms with van der Waals surface area (Å²) in [5.74, 6) is -0.188. The average molecular weight is 112 g/mol. The van der Waals surface area contributed by atoms with Crippen molar-refractivity contribution in [3.05, 3.63) is 0 Å². The Hall–Kier alpha value is -0.660. The van der Waals surface area contributed by atoms with Crippen LogP contribution in [-0.2, 0) is 4.79 Å². The topological polar surface area (TPSA) is 40.9 Å². The fraction of sp³-hybridized carbons (Fsp3) is 0.667. The number of hydrogen-bond donors (Lipinski definition) is 1. The van der Waals surface area contributed by atoms with Crippen LogP contribution in [0.1, 0.15) is 26.2 Å². The van der Waals surface area contributed by atoms with Crippen LogP contribution < -0.4 is 0 Å². The summed E-state index contributed by atoms with van der Waals surface area (Å²) in [6.07, 6.45) is 4.18. The van der Waals surface area contributed by atoms with E-state index in [1.54, 1.807) is 0 Å². The Labute approximate surface area is 49.4 Å². The molecule has 0 aliphatic heterocycles. The molecule has 0 aromatic carbocycles. The standard InChI is InChI=1S/C6H10NO/c1-2-3-4-6(8)5-7/h7H,2-4H2,1H3. The maximum absolute atomic E-state index is 10.3. The molecule has 45 valence electrons. The molecule has 0 rings (SSSR count). The van der Waals surface area contributed by atoms with Gasteiger partial charge in [-0.2, -0.15) is 0 Å². The molecule has 0 saturated carbocycles. The van der Waals surface area contributed by atoms with Gasteiger partial charge in [0.1, 0.15) is 6.21 Å². The highest BCUT2D eigenvalue weighted by atomic mass is 16.1. The quantitative estimate of drug-likeness (QED) is 0.547. The normalized spacial score (nSPS) is 8.62. The number of hydrogen-bond acceptors (Lipinski definition) is 2. The Morgan fingerprint density at radius 1 is 1.75 bits per heavy atom. The van der Waals surface area contributed by atoms with Gasteiger partial charge in [0.15, 0.2) is 5.78 Å². The van der Waals surface area contributed by atoms with Crippen LogP contribution >= 0.6 is 0 Å². The van der Waals surface area contributed by atoms with Crippen molar-refractivity contribution in [3.8, 4) is 0 Å². The maximum atomic E-state index is 10.3. The zero-order valence-electron chi connectivity index (χ0n) is 5.03. The Bertz CT molecular complexity index is 88.5. The molecule has 0 aromatic heterocycles. The van der Waals surface area contributed by atoms with E-state index in [-0.39, 0.29) is 5.78 Å². The number of ketones is 1. The second-order valence-electron chi connectivity index (χ2n) is 1.65. The van der Waals surface area contributed by atoms with E-state index in [1.165, 1.54) is 0 Å². The van der Waals surface area contributed by atoms with Crippen LogP contribution in [0, 0.1) is 5.41 Å². The number of unbranched alkanes of at least 4 members (excludes halogenated alkanes) is 1. The third-order valence-corrected chi connectivity index (χ3v) is 0.897. The average Bonchev–Trinajstić information content (AvgIpc) is 1.83. The van der Waals surface area contributed by atoms with Crippen LogP contribution in [0.4, 0.5) is 0 Å². The molecule has 1 radical (unpaired) electrons. The molecule has 8 heavy (non-hydrogen) atoms. The van der Waals surface area contributed by atoms with E-state index in [0.717, 1.165) is 12.8 Å². The predicted octanol–water partition coefficient (Wildman–Crippen LogP) is 1.27. The van der Waals surface area contributed by atoms with Crippen molar-refractivity contribution in [1.82, 2.24) is 0 Å². The molecule has 1 N–H and O–H groups in total. The van der Waals surface area contributed by atoms with E-state index in [2.05, 4.69) is 0 Å². The molecule has 0 amide bonds. The summed E-state index contributed by atoms with van der Waals surface area (Å²) in [4.78, 5) is 10.3. The third kappa shape index (κ3) is 3.53. The van der Waals surface area contributed by atoms with Gasteiger partial charge in [0.25, 0.3) is 0 Å². The number of carbonyl (C=O) groups is 1. The van der Waals surface area contributed by atoms with Crippen molar-refractivity contribution < 1.29 is 4.79 Å². The molecule has 0 heterocycles. The molecule has 0 aromatic rings. The highest BCUT2D eigenvalue weighted by Gasteiger charge is 1.93. The summed E-state index contributed by atoms with van der Waals surface area (Å²) >= 11 is 0. The number of Topliss-reactive ketones (excluding diaryl/α,β-unsaturated/α-hetero) is 1. The summed E-state index contributed by atoms with van der Waals surface area (Å²) in [6, 6.07) is 0. The molecule has 2 heteroatoms. The fourth-order valence-electron chi connectivity index (χ4n) is 0.400. The van der Waals surface area contributed by atoms with Gasteiger partial charge >= 0.3 is 0 Å². The first kappa shape index (κ1) is 7.34. The van der Waals surface area contributed by atoms with Crippen molar-refractivity contribution in [3.63, 3.8) is 0 Å². The van der Waals surface area contributed by atoms with Crippen molar-refractivity contribution in [2.45, 2.75) is 26.2 Å². The lowest BCUT2D eigenvalue weighted by Crippen LogP contribution is -1.95. The first-order chi connectivity index (χ1) is 3.81. The van der Waals surface area contributed by atoms with E-state index in [9.17, 15) is 4.79 Å². The first-order valence-electron chi connectivity index (χ1n) is 2.76. The SMILES string of the molecule is CCCCC(=O)[C]=N. The van der Waals surface area contributed by atoms with Gasteiger partial charge in [-0.3, -0.25) is 10.2 Å². The van der Waals surface area contributed by atoms with Gasteiger partial charge in [0.05, 0.1) is 0 Å². The highest BCUT2D eigenvalue weighted by molar-refractivity contribution is 6.26. The van der Waals surface area contributed by atoms with E-state index in [1.807, 2.05) is 13.1 Å². The maximum Gasteiger partial charge on any atom is 0.182 e. The van der Waals surface area contributed by atoms with Gasteiger partial charge in [-0.05, 0) is 6.42 Å². The number of rotatable bonds is 4. The van der Waals surface area contributed by atoms with Gasteiger partial charge in [-0.15, -0.1) is 0 Å². The van der Waals surface area contributed by atoms with E-state index in [0.29, 0.717) is 6.42 Å². The number of nitrogens with one attached hydrogen (secondary N) is 1. The Morgan fingerprint density at radius 3 is 2.75 bits per heavy atom. The zero-order valence-corrected chi connectivity index (χ0v) is 5.03. The lowest BCUT2D eigenvalue weighted by atomic mass is 10.2. The molecule has 0 saturated heterocycles. The summed E-state index contributed by atoms with van der Waals surface area (Å²) < 4.78 is 0. The lowest BCUT2D eigenvalue weighted by molar-refractivity contribution is -0.112. The van der Waals surface area contributed by atoms with Crippen molar-refractivity contribution in [1.29, 1.82) is 5.41 Å². The van der Waals surface area contributed by atoms with Crippen LogP contribution in [-0.4, -0.2) is 12.0 Å². The molecule has 0 atom stereocenters. The molecule has 0 fully saturated rings. The minimum atomic E-state index is -0.188. The summed E-state index contributed by atoms with van der Waals surface area (Å²) in [7, 11) is 0. The Kier molecular flexibility index (Phi) is 4.13. The zero-order chi connectivity index (χ0) is 6.41. The van der Waals surface area contributed by atoms with Crippen LogP contribution in [0.25, 0.3) is 0 Å². The van der Waals surface area contributed by atoms with Gasteiger partial charge in [-0.25, -0.2) is 0 Å². The lowest BCUT2D eigenvalue weighted by Gasteiger charge is -1.86. The van der Waals surface area contributed by atoms with E-state index < -0.39 is 0 Å². The third-order valence-electron chi connectivity index (χ3n) is 0.897. The van der Waals surface area contributed by atoms with Crippen LogP contribution in [0.5, 0.6) is 0 Å². The van der Waals surface area contributed by atoms with Crippen LogP contribution in [0.2, 0.25) is 0 Å². The summed E-state index contributed by atoms with van der Waals surface area (Å²) in [6.45, 7) is 2.01. The van der Waals surface area contributed by atoms with Crippen molar-refractivity contribution >= 4 is 12.0 Å². The number of carbonyl (C=O) groups excluding carboxylic acids is 1. The van der Waals surface area contributed by atoms with Gasteiger partial charge in [0.2, 0.25) is 0 Å². The van der Waals surface area contributed by atoms with E-state index >= 15 is 0 Å².